The number of hydrogen-bond acceptors (Lipinski definition) is 3. The zero-order valence-electron chi connectivity index (χ0n) is 11.8. The maximum atomic E-state index is 12.1. The van der Waals surface area contributed by atoms with Crippen molar-refractivity contribution in [2.45, 2.75) is 44.2 Å². The lowest BCUT2D eigenvalue weighted by Gasteiger charge is -2.06. The molecule has 0 atom stereocenters. The first-order chi connectivity index (χ1) is 8.88. The van der Waals surface area contributed by atoms with E-state index in [2.05, 4.69) is 10.0 Å². The molecule has 5 nitrogen and oxygen atoms in total. The van der Waals surface area contributed by atoms with Crippen molar-refractivity contribution < 1.29 is 8.42 Å². The highest BCUT2D eigenvalue weighted by molar-refractivity contribution is 7.89. The first kappa shape index (κ1) is 14.6. The Morgan fingerprint density at radius 1 is 1.42 bits per heavy atom. The Kier molecular flexibility index (Phi) is 4.32. The number of hydrogen-bond donors (Lipinski definition) is 2. The molecule has 0 aromatic carbocycles. The third-order valence-corrected chi connectivity index (χ3v) is 4.61. The van der Waals surface area contributed by atoms with Gasteiger partial charge < -0.3 is 9.88 Å². The topological polar surface area (TPSA) is 63.1 Å². The Bertz CT molecular complexity index is 530. The van der Waals surface area contributed by atoms with Crippen molar-refractivity contribution in [3.05, 3.63) is 18.0 Å². The molecule has 108 valence electrons. The molecule has 19 heavy (non-hydrogen) atoms. The summed E-state index contributed by atoms with van der Waals surface area (Å²) < 4.78 is 28.7. The molecule has 2 N–H and O–H groups in total. The summed E-state index contributed by atoms with van der Waals surface area (Å²) in [4.78, 5) is 0.350. The van der Waals surface area contributed by atoms with Gasteiger partial charge in [-0.05, 0) is 24.8 Å². The van der Waals surface area contributed by atoms with Crippen molar-refractivity contribution in [1.82, 2.24) is 14.6 Å². The molecule has 6 heteroatoms. The van der Waals surface area contributed by atoms with Crippen LogP contribution in [0.4, 0.5) is 0 Å². The van der Waals surface area contributed by atoms with Crippen LogP contribution in [0.2, 0.25) is 0 Å². The SMILES string of the molecule is CC(C)CNS(=O)(=O)c1cc(CNC2CC2)n(C)c1. The molecule has 1 aliphatic rings. The smallest absolute Gasteiger partial charge is 0.242 e. The predicted octanol–water partition coefficient (Wildman–Crippen LogP) is 1.21. The Morgan fingerprint density at radius 3 is 2.68 bits per heavy atom. The highest BCUT2D eigenvalue weighted by atomic mass is 32.2. The van der Waals surface area contributed by atoms with E-state index < -0.39 is 10.0 Å². The third kappa shape index (κ3) is 4.06. The van der Waals surface area contributed by atoms with E-state index in [0.29, 0.717) is 23.4 Å². The first-order valence-electron chi connectivity index (χ1n) is 6.77. The lowest BCUT2D eigenvalue weighted by Crippen LogP contribution is -2.27. The summed E-state index contributed by atoms with van der Waals surface area (Å²) >= 11 is 0. The van der Waals surface area contributed by atoms with Crippen LogP contribution in [-0.4, -0.2) is 25.6 Å². The maximum Gasteiger partial charge on any atom is 0.242 e. The van der Waals surface area contributed by atoms with Crippen LogP contribution in [0.1, 0.15) is 32.4 Å². The fourth-order valence-electron chi connectivity index (χ4n) is 1.80. The van der Waals surface area contributed by atoms with Gasteiger partial charge in [0.2, 0.25) is 10.0 Å². The molecule has 0 bridgehead atoms. The van der Waals surface area contributed by atoms with E-state index in [9.17, 15) is 8.42 Å². The van der Waals surface area contributed by atoms with Crippen LogP contribution in [0.3, 0.4) is 0 Å². The summed E-state index contributed by atoms with van der Waals surface area (Å²) in [5.41, 5.74) is 0.997. The standard InChI is InChI=1S/C13H23N3O2S/c1-10(2)7-15-19(17,18)13-6-12(16(3)9-13)8-14-11-4-5-11/h6,9-11,14-15H,4-5,7-8H2,1-3H3. The van der Waals surface area contributed by atoms with Crippen molar-refractivity contribution in [3.8, 4) is 0 Å². The number of sulfonamides is 1. The van der Waals surface area contributed by atoms with Crippen molar-refractivity contribution in [3.63, 3.8) is 0 Å². The molecule has 2 rings (SSSR count). The van der Waals surface area contributed by atoms with E-state index in [0.717, 1.165) is 12.2 Å². The van der Waals surface area contributed by atoms with Crippen LogP contribution in [0.5, 0.6) is 0 Å². The number of nitrogens with one attached hydrogen (secondary N) is 2. The predicted molar refractivity (Wildman–Crippen MR) is 75.3 cm³/mol. The maximum absolute atomic E-state index is 12.1. The zero-order valence-corrected chi connectivity index (χ0v) is 12.6. The highest BCUT2D eigenvalue weighted by Crippen LogP contribution is 2.20. The van der Waals surface area contributed by atoms with E-state index in [1.807, 2.05) is 25.5 Å². The normalized spacial score (nSPS) is 16.2. The van der Waals surface area contributed by atoms with E-state index in [-0.39, 0.29) is 0 Å². The second-order valence-corrected chi connectivity index (χ2v) is 7.45. The third-order valence-electron chi connectivity index (χ3n) is 3.22. The fourth-order valence-corrected chi connectivity index (χ4v) is 3.10. The molecule has 1 aliphatic carbocycles. The average Bonchev–Trinajstić information content (AvgIpc) is 3.08. The zero-order chi connectivity index (χ0) is 14.0. The van der Waals surface area contributed by atoms with Crippen LogP contribution < -0.4 is 10.0 Å². The van der Waals surface area contributed by atoms with E-state index in [1.54, 1.807) is 12.3 Å². The minimum Gasteiger partial charge on any atom is -0.352 e. The second-order valence-electron chi connectivity index (χ2n) is 5.68. The van der Waals surface area contributed by atoms with E-state index in [4.69, 9.17) is 0 Å². The Morgan fingerprint density at radius 2 is 2.11 bits per heavy atom. The van der Waals surface area contributed by atoms with Gasteiger partial charge >= 0.3 is 0 Å². The minimum absolute atomic E-state index is 0.300. The van der Waals surface area contributed by atoms with Gasteiger partial charge in [0.25, 0.3) is 0 Å². The lowest BCUT2D eigenvalue weighted by molar-refractivity contribution is 0.560. The summed E-state index contributed by atoms with van der Waals surface area (Å²) in [5.74, 6) is 0.300. The number of aryl methyl sites for hydroxylation is 1. The molecule has 0 aliphatic heterocycles. The van der Waals surface area contributed by atoms with Gasteiger partial charge in [-0.2, -0.15) is 0 Å². The molecule has 0 radical (unpaired) electrons. The fraction of sp³-hybridized carbons (Fsp3) is 0.692. The van der Waals surface area contributed by atoms with Crippen LogP contribution in [0, 0.1) is 5.92 Å². The summed E-state index contributed by atoms with van der Waals surface area (Å²) in [6.45, 7) is 5.16. The van der Waals surface area contributed by atoms with Gasteiger partial charge in [-0.25, -0.2) is 13.1 Å². The molecular weight excluding hydrogens is 262 g/mol. The number of nitrogens with zero attached hydrogens (tertiary/aromatic N) is 1. The van der Waals surface area contributed by atoms with Gasteiger partial charge in [-0.15, -0.1) is 0 Å². The van der Waals surface area contributed by atoms with Gasteiger partial charge in [0, 0.05) is 38.1 Å². The molecule has 1 fully saturated rings. The van der Waals surface area contributed by atoms with Gasteiger partial charge in [-0.3, -0.25) is 0 Å². The van der Waals surface area contributed by atoms with Gasteiger partial charge in [0.1, 0.15) is 0 Å². The van der Waals surface area contributed by atoms with Crippen molar-refractivity contribution in [1.29, 1.82) is 0 Å². The summed E-state index contributed by atoms with van der Waals surface area (Å²) in [6, 6.07) is 2.37. The Labute approximate surface area is 115 Å². The number of aromatic nitrogens is 1. The molecule has 0 saturated heterocycles. The van der Waals surface area contributed by atoms with Crippen LogP contribution in [0.15, 0.2) is 17.2 Å². The Balaban J connectivity index is 2.04. The van der Waals surface area contributed by atoms with Crippen LogP contribution in [-0.2, 0) is 23.6 Å². The monoisotopic (exact) mass is 285 g/mol. The minimum atomic E-state index is -3.38. The van der Waals surface area contributed by atoms with Crippen LogP contribution in [0.25, 0.3) is 0 Å². The highest BCUT2D eigenvalue weighted by Gasteiger charge is 2.22. The van der Waals surface area contributed by atoms with Crippen molar-refractivity contribution in [2.75, 3.05) is 6.54 Å². The molecular formula is C13H23N3O2S. The first-order valence-corrected chi connectivity index (χ1v) is 8.25. The summed E-state index contributed by atoms with van der Waals surface area (Å²) in [6.07, 6.45) is 4.13. The summed E-state index contributed by atoms with van der Waals surface area (Å²) in [5, 5.41) is 3.39. The largest absolute Gasteiger partial charge is 0.352 e. The molecule has 1 heterocycles. The molecule has 0 spiro atoms. The molecule has 0 unspecified atom stereocenters. The van der Waals surface area contributed by atoms with Gasteiger partial charge in [0.15, 0.2) is 0 Å². The summed E-state index contributed by atoms with van der Waals surface area (Å²) in [7, 11) is -1.50. The van der Waals surface area contributed by atoms with Crippen LogP contribution >= 0.6 is 0 Å². The average molecular weight is 285 g/mol. The molecule has 1 aromatic heterocycles. The molecule has 0 amide bonds. The van der Waals surface area contributed by atoms with Gasteiger partial charge in [-0.1, -0.05) is 13.8 Å². The Hall–Kier alpha value is -0.850. The van der Waals surface area contributed by atoms with E-state index >= 15 is 0 Å². The van der Waals surface area contributed by atoms with E-state index in [1.165, 1.54) is 12.8 Å². The van der Waals surface area contributed by atoms with Gasteiger partial charge in [0.05, 0.1) is 4.90 Å². The van der Waals surface area contributed by atoms with Crippen molar-refractivity contribution in [2.24, 2.45) is 13.0 Å². The quantitative estimate of drug-likeness (QED) is 0.791. The lowest BCUT2D eigenvalue weighted by atomic mass is 10.2. The molecule has 1 saturated carbocycles. The van der Waals surface area contributed by atoms with Crippen molar-refractivity contribution >= 4 is 10.0 Å². The second kappa shape index (κ2) is 5.64. The number of rotatable bonds is 7. The molecule has 1 aromatic rings.